The van der Waals surface area contributed by atoms with Crippen LogP contribution in [0, 0.1) is 0 Å². The van der Waals surface area contributed by atoms with E-state index in [1.807, 2.05) is 12.1 Å². The number of aromatic nitrogens is 1. The summed E-state index contributed by atoms with van der Waals surface area (Å²) in [5, 5.41) is 3.64. The van der Waals surface area contributed by atoms with Gasteiger partial charge in [-0.15, -0.1) is 0 Å². The number of halogens is 3. The summed E-state index contributed by atoms with van der Waals surface area (Å²) in [4.78, 5) is 16.6. The second kappa shape index (κ2) is 7.53. The van der Waals surface area contributed by atoms with Gasteiger partial charge in [0.15, 0.2) is 0 Å². The van der Waals surface area contributed by atoms with E-state index in [2.05, 4.69) is 15.0 Å². The topological polar surface area (TPSA) is 51.2 Å². The second-order valence-corrected chi connectivity index (χ2v) is 5.63. The third kappa shape index (κ3) is 4.58. The lowest BCUT2D eigenvalue weighted by molar-refractivity contribution is -0.176. The maximum Gasteiger partial charge on any atom is 0.411 e. The Hall–Kier alpha value is -2.93. The molecule has 134 valence electrons. The molecule has 0 radical (unpaired) electrons. The molecule has 0 fully saturated rings. The van der Waals surface area contributed by atoms with Crippen LogP contribution in [0.3, 0.4) is 0 Å². The predicted octanol–water partition coefficient (Wildman–Crippen LogP) is 4.57. The van der Waals surface area contributed by atoms with Crippen molar-refractivity contribution in [3.8, 4) is 0 Å². The highest BCUT2D eigenvalue weighted by Gasteiger charge is 2.27. The fraction of sp³-hybridized carbons (Fsp3) is 0.158. The molecule has 0 aliphatic rings. The first-order valence-electron chi connectivity index (χ1n) is 7.81. The fourth-order valence-corrected chi connectivity index (χ4v) is 2.44. The standard InChI is InChI=1S/C19H15F3N2O2/c20-19(21,22)12-26-11-13-6-8-14(9-7-13)18(25)24-17-5-1-4-16-15(17)3-2-10-23-16/h1-10H,11-12H2,(H,24,25). The Kier molecular flexibility index (Phi) is 5.18. The van der Waals surface area contributed by atoms with Gasteiger partial charge in [-0.05, 0) is 42.0 Å². The van der Waals surface area contributed by atoms with Crippen LogP contribution in [0.5, 0.6) is 0 Å². The molecule has 1 N–H and O–H groups in total. The van der Waals surface area contributed by atoms with Gasteiger partial charge in [-0.2, -0.15) is 13.2 Å². The van der Waals surface area contributed by atoms with Crippen LogP contribution in [-0.4, -0.2) is 23.7 Å². The van der Waals surface area contributed by atoms with E-state index in [0.29, 0.717) is 16.8 Å². The number of rotatable bonds is 5. The molecule has 2 aromatic carbocycles. The highest BCUT2D eigenvalue weighted by molar-refractivity contribution is 6.08. The average molecular weight is 360 g/mol. The number of hydrogen-bond donors (Lipinski definition) is 1. The molecule has 7 heteroatoms. The molecular formula is C19H15F3N2O2. The van der Waals surface area contributed by atoms with Gasteiger partial charge in [-0.1, -0.05) is 18.2 Å². The minimum Gasteiger partial charge on any atom is -0.367 e. The predicted molar refractivity (Wildman–Crippen MR) is 91.8 cm³/mol. The number of alkyl halides is 3. The van der Waals surface area contributed by atoms with Gasteiger partial charge >= 0.3 is 6.18 Å². The maximum atomic E-state index is 12.4. The van der Waals surface area contributed by atoms with E-state index in [9.17, 15) is 18.0 Å². The van der Waals surface area contributed by atoms with Crippen molar-refractivity contribution in [3.63, 3.8) is 0 Å². The van der Waals surface area contributed by atoms with Crippen molar-refractivity contribution in [1.82, 2.24) is 4.98 Å². The van der Waals surface area contributed by atoms with Gasteiger partial charge in [0.2, 0.25) is 0 Å². The number of benzene rings is 2. The van der Waals surface area contributed by atoms with E-state index >= 15 is 0 Å². The monoisotopic (exact) mass is 360 g/mol. The van der Waals surface area contributed by atoms with Gasteiger partial charge in [0.1, 0.15) is 6.61 Å². The van der Waals surface area contributed by atoms with E-state index in [4.69, 9.17) is 0 Å². The van der Waals surface area contributed by atoms with Gasteiger partial charge in [-0.25, -0.2) is 0 Å². The smallest absolute Gasteiger partial charge is 0.367 e. The van der Waals surface area contributed by atoms with Crippen molar-refractivity contribution in [3.05, 3.63) is 71.9 Å². The van der Waals surface area contributed by atoms with Crippen LogP contribution in [0.4, 0.5) is 18.9 Å². The average Bonchev–Trinajstić information content (AvgIpc) is 2.61. The van der Waals surface area contributed by atoms with Gasteiger partial charge in [0.25, 0.3) is 5.91 Å². The molecule has 3 rings (SSSR count). The number of pyridine rings is 1. The number of ether oxygens (including phenoxy) is 1. The Balaban J connectivity index is 1.66. The Morgan fingerprint density at radius 2 is 1.81 bits per heavy atom. The van der Waals surface area contributed by atoms with Crippen LogP contribution in [-0.2, 0) is 11.3 Å². The quantitative estimate of drug-likeness (QED) is 0.725. The second-order valence-electron chi connectivity index (χ2n) is 5.63. The molecule has 0 aliphatic heterocycles. The lowest BCUT2D eigenvalue weighted by Gasteiger charge is -2.10. The van der Waals surface area contributed by atoms with Crippen LogP contribution >= 0.6 is 0 Å². The molecule has 0 spiro atoms. The molecule has 3 aromatic rings. The van der Waals surface area contributed by atoms with E-state index in [-0.39, 0.29) is 12.5 Å². The van der Waals surface area contributed by atoms with Crippen molar-refractivity contribution >= 4 is 22.5 Å². The number of nitrogens with one attached hydrogen (secondary N) is 1. The first-order chi connectivity index (χ1) is 12.4. The van der Waals surface area contributed by atoms with Crippen molar-refractivity contribution < 1.29 is 22.7 Å². The number of hydrogen-bond acceptors (Lipinski definition) is 3. The van der Waals surface area contributed by atoms with Gasteiger partial charge in [0, 0.05) is 17.1 Å². The zero-order valence-electron chi connectivity index (χ0n) is 13.6. The van der Waals surface area contributed by atoms with Crippen molar-refractivity contribution in [2.45, 2.75) is 12.8 Å². The maximum absolute atomic E-state index is 12.4. The summed E-state index contributed by atoms with van der Waals surface area (Å²) in [5.41, 5.74) is 2.35. The molecule has 0 aliphatic carbocycles. The zero-order valence-corrected chi connectivity index (χ0v) is 13.6. The SMILES string of the molecule is O=C(Nc1cccc2ncccc12)c1ccc(COCC(F)(F)F)cc1. The van der Waals surface area contributed by atoms with E-state index < -0.39 is 12.8 Å². The van der Waals surface area contributed by atoms with Crippen molar-refractivity contribution in [2.75, 3.05) is 11.9 Å². The third-order valence-corrected chi connectivity index (χ3v) is 3.64. The number of anilines is 1. The van der Waals surface area contributed by atoms with Crippen LogP contribution < -0.4 is 5.32 Å². The molecule has 0 saturated carbocycles. The summed E-state index contributed by atoms with van der Waals surface area (Å²) < 4.78 is 40.8. The van der Waals surface area contributed by atoms with Crippen LogP contribution in [0.1, 0.15) is 15.9 Å². The Labute approximate surface area is 147 Å². The summed E-state index contributed by atoms with van der Waals surface area (Å²) >= 11 is 0. The minimum atomic E-state index is -4.35. The zero-order chi connectivity index (χ0) is 18.6. The number of carbonyl (C=O) groups excluding carboxylic acids is 1. The lowest BCUT2D eigenvalue weighted by Crippen LogP contribution is -2.16. The normalized spacial score (nSPS) is 11.5. The number of nitrogens with zero attached hydrogens (tertiary/aromatic N) is 1. The molecule has 26 heavy (non-hydrogen) atoms. The van der Waals surface area contributed by atoms with E-state index in [1.165, 1.54) is 0 Å². The summed E-state index contributed by atoms with van der Waals surface area (Å²) in [7, 11) is 0. The summed E-state index contributed by atoms with van der Waals surface area (Å²) in [6.45, 7) is -1.47. The molecular weight excluding hydrogens is 345 g/mol. The fourth-order valence-electron chi connectivity index (χ4n) is 2.44. The molecule has 0 bridgehead atoms. The molecule has 1 aromatic heterocycles. The molecule has 1 heterocycles. The third-order valence-electron chi connectivity index (χ3n) is 3.64. The summed E-state index contributed by atoms with van der Waals surface area (Å²) in [6.07, 6.45) is -2.68. The van der Waals surface area contributed by atoms with Gasteiger partial charge in [-0.3, -0.25) is 9.78 Å². The Bertz CT molecular complexity index is 903. The first kappa shape index (κ1) is 17.9. The largest absolute Gasteiger partial charge is 0.411 e. The molecule has 0 saturated heterocycles. The molecule has 4 nitrogen and oxygen atoms in total. The van der Waals surface area contributed by atoms with E-state index in [1.54, 1.807) is 48.7 Å². The number of amides is 1. The molecule has 0 atom stereocenters. The van der Waals surface area contributed by atoms with Gasteiger partial charge < -0.3 is 10.1 Å². The van der Waals surface area contributed by atoms with Crippen LogP contribution in [0.15, 0.2) is 60.8 Å². The van der Waals surface area contributed by atoms with Crippen LogP contribution in [0.25, 0.3) is 10.9 Å². The van der Waals surface area contributed by atoms with Gasteiger partial charge in [0.05, 0.1) is 17.8 Å². The Morgan fingerprint density at radius 1 is 1.04 bits per heavy atom. The highest BCUT2D eigenvalue weighted by Crippen LogP contribution is 2.22. The Morgan fingerprint density at radius 3 is 2.54 bits per heavy atom. The minimum absolute atomic E-state index is 0.170. The summed E-state index contributed by atoms with van der Waals surface area (Å²) in [6, 6.07) is 15.3. The first-order valence-corrected chi connectivity index (χ1v) is 7.81. The molecule has 0 unspecified atom stereocenters. The van der Waals surface area contributed by atoms with E-state index in [0.717, 1.165) is 10.9 Å². The van der Waals surface area contributed by atoms with Crippen LogP contribution in [0.2, 0.25) is 0 Å². The lowest BCUT2D eigenvalue weighted by atomic mass is 10.1. The number of carbonyl (C=O) groups is 1. The van der Waals surface area contributed by atoms with Crippen molar-refractivity contribution in [2.24, 2.45) is 0 Å². The van der Waals surface area contributed by atoms with Crippen molar-refractivity contribution in [1.29, 1.82) is 0 Å². The number of fused-ring (bicyclic) bond motifs is 1. The highest BCUT2D eigenvalue weighted by atomic mass is 19.4. The molecule has 1 amide bonds. The summed E-state index contributed by atoms with van der Waals surface area (Å²) in [5.74, 6) is -0.316.